The molecule has 28 heavy (non-hydrogen) atoms. The van der Waals surface area contributed by atoms with Gasteiger partial charge in [-0.3, -0.25) is 4.79 Å². The molecular weight excluding hydrogens is 374 g/mol. The van der Waals surface area contributed by atoms with Crippen LogP contribution in [0, 0.1) is 11.6 Å². The highest BCUT2D eigenvalue weighted by atomic mass is 19.1. The number of esters is 1. The van der Waals surface area contributed by atoms with Gasteiger partial charge < -0.3 is 19.6 Å². The minimum absolute atomic E-state index is 0.0497. The van der Waals surface area contributed by atoms with Crippen LogP contribution in [0.1, 0.15) is 39.2 Å². The Morgan fingerprint density at radius 1 is 1.29 bits per heavy atom. The standard InChI is InChI=1S/C19H22F2N2O5/c1-10(2)27-17(24)16-7-14(9-26-16)22-18(25)19(3)8-15(23-28-19)11-4-12(20)6-13(21)5-11/h4-6,10,14,16H,7-9H2,1-3H3,(H,22,25)/t14?,16?,19-/m1/s1. The van der Waals surface area contributed by atoms with Crippen molar-refractivity contribution in [2.24, 2.45) is 5.16 Å². The summed E-state index contributed by atoms with van der Waals surface area (Å²) in [6, 6.07) is 2.63. The summed E-state index contributed by atoms with van der Waals surface area (Å²) in [4.78, 5) is 29.8. The summed E-state index contributed by atoms with van der Waals surface area (Å²) in [7, 11) is 0. The Bertz CT molecular complexity index is 793. The molecule has 1 fully saturated rings. The molecule has 3 rings (SSSR count). The second-order valence-corrected chi connectivity index (χ2v) is 7.41. The van der Waals surface area contributed by atoms with Gasteiger partial charge in [-0.05, 0) is 32.9 Å². The van der Waals surface area contributed by atoms with E-state index in [1.165, 1.54) is 6.92 Å². The van der Waals surface area contributed by atoms with Crippen LogP contribution in [0.25, 0.3) is 0 Å². The second kappa shape index (κ2) is 7.83. The second-order valence-electron chi connectivity index (χ2n) is 7.41. The van der Waals surface area contributed by atoms with E-state index in [9.17, 15) is 18.4 Å². The van der Waals surface area contributed by atoms with Gasteiger partial charge in [-0.15, -0.1) is 0 Å². The van der Waals surface area contributed by atoms with Gasteiger partial charge in [0.15, 0.2) is 6.10 Å². The number of hydrogen-bond donors (Lipinski definition) is 1. The summed E-state index contributed by atoms with van der Waals surface area (Å²) < 4.78 is 37.3. The van der Waals surface area contributed by atoms with Gasteiger partial charge in [0.05, 0.1) is 24.5 Å². The van der Waals surface area contributed by atoms with Gasteiger partial charge in [-0.1, -0.05) is 5.16 Å². The number of ether oxygens (including phenoxy) is 2. The maximum Gasteiger partial charge on any atom is 0.335 e. The molecule has 152 valence electrons. The van der Waals surface area contributed by atoms with Crippen molar-refractivity contribution in [3.05, 3.63) is 35.4 Å². The average Bonchev–Trinajstić information content (AvgIpc) is 3.21. The molecule has 2 heterocycles. The number of halogens is 2. The maximum atomic E-state index is 13.4. The molecular formula is C19H22F2N2O5. The minimum atomic E-state index is -1.32. The molecule has 3 atom stereocenters. The lowest BCUT2D eigenvalue weighted by Crippen LogP contribution is -2.49. The van der Waals surface area contributed by atoms with E-state index >= 15 is 0 Å². The Morgan fingerprint density at radius 3 is 2.61 bits per heavy atom. The number of hydrogen-bond acceptors (Lipinski definition) is 6. The van der Waals surface area contributed by atoms with Crippen molar-refractivity contribution in [3.63, 3.8) is 0 Å². The molecule has 0 bridgehead atoms. The topological polar surface area (TPSA) is 86.2 Å². The number of nitrogens with one attached hydrogen (secondary N) is 1. The number of amides is 1. The van der Waals surface area contributed by atoms with E-state index in [0.29, 0.717) is 0 Å². The number of carbonyl (C=O) groups is 2. The van der Waals surface area contributed by atoms with Crippen molar-refractivity contribution in [3.8, 4) is 0 Å². The van der Waals surface area contributed by atoms with Crippen LogP contribution in [-0.4, -0.2) is 48.0 Å². The van der Waals surface area contributed by atoms with Crippen molar-refractivity contribution in [2.75, 3.05) is 6.61 Å². The maximum absolute atomic E-state index is 13.4. The lowest BCUT2D eigenvalue weighted by atomic mass is 9.94. The zero-order valence-electron chi connectivity index (χ0n) is 15.8. The minimum Gasteiger partial charge on any atom is -0.461 e. The molecule has 0 saturated carbocycles. The molecule has 7 nitrogen and oxygen atoms in total. The van der Waals surface area contributed by atoms with E-state index in [4.69, 9.17) is 14.3 Å². The van der Waals surface area contributed by atoms with Crippen LogP contribution in [0.3, 0.4) is 0 Å². The lowest BCUT2D eigenvalue weighted by molar-refractivity contribution is -0.158. The summed E-state index contributed by atoms with van der Waals surface area (Å²) in [5, 5.41) is 6.61. The van der Waals surface area contributed by atoms with Crippen LogP contribution in [0.4, 0.5) is 8.78 Å². The zero-order chi connectivity index (χ0) is 20.5. The Morgan fingerprint density at radius 2 is 1.96 bits per heavy atom. The summed E-state index contributed by atoms with van der Waals surface area (Å²) >= 11 is 0. The molecule has 1 N–H and O–H groups in total. The molecule has 1 amide bonds. The quantitative estimate of drug-likeness (QED) is 0.770. The average molecular weight is 396 g/mol. The van der Waals surface area contributed by atoms with Crippen LogP contribution in [0.5, 0.6) is 0 Å². The first-order chi connectivity index (χ1) is 13.2. The van der Waals surface area contributed by atoms with Gasteiger partial charge in [-0.2, -0.15) is 0 Å². The fourth-order valence-electron chi connectivity index (χ4n) is 3.07. The summed E-state index contributed by atoms with van der Waals surface area (Å²) in [6.45, 7) is 5.19. The van der Waals surface area contributed by atoms with Gasteiger partial charge >= 0.3 is 5.97 Å². The molecule has 0 aromatic heterocycles. The van der Waals surface area contributed by atoms with Crippen molar-refractivity contribution in [2.45, 2.75) is 57.5 Å². The van der Waals surface area contributed by atoms with Crippen LogP contribution >= 0.6 is 0 Å². The predicted octanol–water partition coefficient (Wildman–Crippen LogP) is 2.07. The van der Waals surface area contributed by atoms with Crippen LogP contribution in [-0.2, 0) is 23.9 Å². The number of rotatable bonds is 5. The summed E-state index contributed by atoms with van der Waals surface area (Å²) in [5.41, 5.74) is -0.832. The molecule has 9 heteroatoms. The van der Waals surface area contributed by atoms with E-state index in [2.05, 4.69) is 10.5 Å². The van der Waals surface area contributed by atoms with E-state index < -0.39 is 35.2 Å². The van der Waals surface area contributed by atoms with E-state index in [0.717, 1.165) is 18.2 Å². The number of carbonyl (C=O) groups excluding carboxylic acids is 2. The van der Waals surface area contributed by atoms with Crippen molar-refractivity contribution in [1.82, 2.24) is 5.32 Å². The first-order valence-corrected chi connectivity index (χ1v) is 9.01. The van der Waals surface area contributed by atoms with Gasteiger partial charge in [0.2, 0.25) is 5.60 Å². The Hall–Kier alpha value is -2.55. The zero-order valence-corrected chi connectivity index (χ0v) is 15.8. The molecule has 2 aliphatic rings. The predicted molar refractivity (Wildman–Crippen MR) is 94.5 cm³/mol. The van der Waals surface area contributed by atoms with Crippen molar-refractivity contribution < 1.29 is 32.7 Å². The first-order valence-electron chi connectivity index (χ1n) is 9.01. The molecule has 1 aromatic carbocycles. The van der Waals surface area contributed by atoms with Gasteiger partial charge in [0.1, 0.15) is 11.6 Å². The first kappa shape index (κ1) is 20.2. The molecule has 2 aliphatic heterocycles. The smallest absolute Gasteiger partial charge is 0.335 e. The highest BCUT2D eigenvalue weighted by Gasteiger charge is 2.44. The Balaban J connectivity index is 1.58. The van der Waals surface area contributed by atoms with E-state index in [-0.39, 0.29) is 42.9 Å². The molecule has 0 spiro atoms. The number of nitrogens with zero attached hydrogens (tertiary/aromatic N) is 1. The normalized spacial score (nSPS) is 26.7. The van der Waals surface area contributed by atoms with Crippen molar-refractivity contribution >= 4 is 17.6 Å². The third kappa shape index (κ3) is 4.46. The highest BCUT2D eigenvalue weighted by Crippen LogP contribution is 2.28. The molecule has 0 aliphatic carbocycles. The van der Waals surface area contributed by atoms with Gasteiger partial charge in [0, 0.05) is 24.5 Å². The largest absolute Gasteiger partial charge is 0.461 e. The third-order valence-electron chi connectivity index (χ3n) is 4.49. The van der Waals surface area contributed by atoms with Crippen LogP contribution in [0.15, 0.2) is 23.4 Å². The molecule has 1 saturated heterocycles. The fraction of sp³-hybridized carbons (Fsp3) is 0.526. The van der Waals surface area contributed by atoms with Crippen molar-refractivity contribution in [1.29, 1.82) is 0 Å². The summed E-state index contributed by atoms with van der Waals surface area (Å²) in [6.07, 6.45) is -0.643. The molecule has 1 aromatic rings. The lowest BCUT2D eigenvalue weighted by Gasteiger charge is -2.22. The van der Waals surface area contributed by atoms with Crippen LogP contribution < -0.4 is 5.32 Å². The number of oxime groups is 1. The molecule has 2 unspecified atom stereocenters. The highest BCUT2D eigenvalue weighted by molar-refractivity contribution is 6.05. The Labute approximate surface area is 161 Å². The third-order valence-corrected chi connectivity index (χ3v) is 4.49. The monoisotopic (exact) mass is 396 g/mol. The van der Waals surface area contributed by atoms with Gasteiger partial charge in [0.25, 0.3) is 5.91 Å². The fourth-order valence-corrected chi connectivity index (χ4v) is 3.07. The molecule has 0 radical (unpaired) electrons. The number of benzene rings is 1. The Kier molecular flexibility index (Phi) is 5.64. The van der Waals surface area contributed by atoms with Crippen LogP contribution in [0.2, 0.25) is 0 Å². The summed E-state index contributed by atoms with van der Waals surface area (Å²) in [5.74, 6) is -2.39. The SMILES string of the molecule is CC(C)OC(=O)C1CC(NC(=O)[C@@]2(C)CC(c3cc(F)cc(F)c3)=NO2)CO1. The van der Waals surface area contributed by atoms with E-state index in [1.54, 1.807) is 13.8 Å². The van der Waals surface area contributed by atoms with Gasteiger partial charge in [-0.25, -0.2) is 13.6 Å². The van der Waals surface area contributed by atoms with E-state index in [1.807, 2.05) is 0 Å².